The monoisotopic (exact) mass is 286 g/mol. The molecule has 2 aromatic carbocycles. The number of benzene rings is 2. The number of halogens is 1. The number of rotatable bonds is 2. The lowest BCUT2D eigenvalue weighted by molar-refractivity contribution is 0.451. The van der Waals surface area contributed by atoms with Gasteiger partial charge in [0.15, 0.2) is 0 Å². The van der Waals surface area contributed by atoms with Gasteiger partial charge in [-0.3, -0.25) is 4.68 Å². The summed E-state index contributed by atoms with van der Waals surface area (Å²) in [5.41, 5.74) is 1.37. The van der Waals surface area contributed by atoms with Crippen LogP contribution in [0.3, 0.4) is 0 Å². The number of phenols is 2. The van der Waals surface area contributed by atoms with E-state index >= 15 is 0 Å². The summed E-state index contributed by atoms with van der Waals surface area (Å²) in [4.78, 5) is 0. The van der Waals surface area contributed by atoms with Crippen molar-refractivity contribution < 1.29 is 14.6 Å². The first-order valence-corrected chi connectivity index (χ1v) is 6.68. The molecule has 21 heavy (non-hydrogen) atoms. The van der Waals surface area contributed by atoms with Crippen LogP contribution in [0, 0.1) is 5.82 Å². The highest BCUT2D eigenvalue weighted by molar-refractivity contribution is 5.95. The van der Waals surface area contributed by atoms with Crippen molar-refractivity contribution in [2.75, 3.05) is 0 Å². The van der Waals surface area contributed by atoms with Crippen LogP contribution in [-0.2, 0) is 0 Å². The van der Waals surface area contributed by atoms with E-state index in [2.05, 4.69) is 5.10 Å². The summed E-state index contributed by atoms with van der Waals surface area (Å²) in [6.45, 7) is 3.83. The molecule has 0 atom stereocenters. The molecule has 0 fully saturated rings. The lowest BCUT2D eigenvalue weighted by atomic mass is 10.1. The molecule has 0 spiro atoms. The maximum absolute atomic E-state index is 14.1. The Bertz CT molecular complexity index is 825. The molecule has 0 unspecified atom stereocenters. The van der Waals surface area contributed by atoms with Gasteiger partial charge in [0.2, 0.25) is 0 Å². The predicted octanol–water partition coefficient (Wildman–Crippen LogP) is 3.83. The lowest BCUT2D eigenvalue weighted by Gasteiger charge is -2.07. The number of aromatic nitrogens is 2. The van der Waals surface area contributed by atoms with Crippen molar-refractivity contribution in [3.05, 3.63) is 42.2 Å². The van der Waals surface area contributed by atoms with Gasteiger partial charge < -0.3 is 10.2 Å². The second-order valence-corrected chi connectivity index (χ2v) is 5.22. The number of phenolic OH excluding ortho intramolecular Hbond substituents is 2. The Morgan fingerprint density at radius 3 is 2.57 bits per heavy atom. The molecule has 0 aliphatic heterocycles. The van der Waals surface area contributed by atoms with E-state index in [1.54, 1.807) is 22.9 Å². The van der Waals surface area contributed by atoms with Crippen LogP contribution in [0.25, 0.3) is 22.2 Å². The molecule has 1 aromatic heterocycles. The molecule has 2 N–H and O–H groups in total. The van der Waals surface area contributed by atoms with E-state index in [1.165, 1.54) is 18.2 Å². The summed E-state index contributed by atoms with van der Waals surface area (Å²) >= 11 is 0. The Kier molecular flexibility index (Phi) is 3.05. The van der Waals surface area contributed by atoms with E-state index in [0.29, 0.717) is 22.2 Å². The zero-order valence-corrected chi connectivity index (χ0v) is 11.7. The molecule has 0 aliphatic carbocycles. The van der Waals surface area contributed by atoms with Gasteiger partial charge in [0, 0.05) is 23.1 Å². The fourth-order valence-electron chi connectivity index (χ4n) is 2.44. The molecule has 0 amide bonds. The third-order valence-electron chi connectivity index (χ3n) is 3.40. The van der Waals surface area contributed by atoms with Crippen molar-refractivity contribution in [2.24, 2.45) is 0 Å². The molecule has 0 bridgehead atoms. The third kappa shape index (κ3) is 2.11. The molecule has 108 valence electrons. The Morgan fingerprint density at radius 2 is 1.90 bits per heavy atom. The maximum Gasteiger partial charge on any atom is 0.149 e. The number of hydrogen-bond donors (Lipinski definition) is 2. The van der Waals surface area contributed by atoms with Crippen molar-refractivity contribution in [3.8, 4) is 22.8 Å². The van der Waals surface area contributed by atoms with Crippen LogP contribution < -0.4 is 0 Å². The van der Waals surface area contributed by atoms with Gasteiger partial charge in [0.25, 0.3) is 0 Å². The van der Waals surface area contributed by atoms with Crippen molar-refractivity contribution >= 4 is 10.9 Å². The topological polar surface area (TPSA) is 58.3 Å². The van der Waals surface area contributed by atoms with Gasteiger partial charge >= 0.3 is 0 Å². The summed E-state index contributed by atoms with van der Waals surface area (Å²) in [6.07, 6.45) is 0. The first-order chi connectivity index (χ1) is 9.99. The molecule has 4 nitrogen and oxygen atoms in total. The van der Waals surface area contributed by atoms with Crippen LogP contribution in [0.4, 0.5) is 4.39 Å². The van der Waals surface area contributed by atoms with Gasteiger partial charge in [-0.15, -0.1) is 0 Å². The zero-order chi connectivity index (χ0) is 15.1. The summed E-state index contributed by atoms with van der Waals surface area (Å²) in [5.74, 6) is -0.470. The Labute approximate surface area is 121 Å². The molecule has 5 heteroatoms. The smallest absolute Gasteiger partial charge is 0.149 e. The molecular weight excluding hydrogens is 271 g/mol. The van der Waals surface area contributed by atoms with Crippen molar-refractivity contribution in [1.29, 1.82) is 0 Å². The highest BCUT2D eigenvalue weighted by Gasteiger charge is 2.19. The van der Waals surface area contributed by atoms with Gasteiger partial charge in [-0.05, 0) is 32.0 Å². The number of aromatic hydroxyl groups is 2. The third-order valence-corrected chi connectivity index (χ3v) is 3.40. The van der Waals surface area contributed by atoms with Crippen LogP contribution in [0.1, 0.15) is 19.9 Å². The van der Waals surface area contributed by atoms with Gasteiger partial charge in [-0.1, -0.05) is 12.1 Å². The molecule has 0 saturated heterocycles. The Balaban J connectivity index is 2.36. The highest BCUT2D eigenvalue weighted by atomic mass is 19.1. The van der Waals surface area contributed by atoms with Crippen LogP contribution in [0.2, 0.25) is 0 Å². The summed E-state index contributed by atoms with van der Waals surface area (Å²) in [5, 5.41) is 24.5. The second-order valence-electron chi connectivity index (χ2n) is 5.22. The minimum Gasteiger partial charge on any atom is -0.508 e. The first kappa shape index (κ1) is 13.4. The number of nitrogens with zero attached hydrogens (tertiary/aromatic N) is 2. The van der Waals surface area contributed by atoms with E-state index in [-0.39, 0.29) is 23.4 Å². The van der Waals surface area contributed by atoms with Gasteiger partial charge in [-0.2, -0.15) is 5.10 Å². The van der Waals surface area contributed by atoms with Crippen LogP contribution in [0.15, 0.2) is 36.4 Å². The summed E-state index contributed by atoms with van der Waals surface area (Å²) in [7, 11) is 0. The average molecular weight is 286 g/mol. The van der Waals surface area contributed by atoms with Gasteiger partial charge in [0.1, 0.15) is 28.5 Å². The minimum absolute atomic E-state index is 0.0163. The molecule has 3 rings (SSSR count). The molecule has 0 saturated carbocycles. The van der Waals surface area contributed by atoms with Crippen LogP contribution >= 0.6 is 0 Å². The van der Waals surface area contributed by atoms with Crippen molar-refractivity contribution in [2.45, 2.75) is 19.9 Å². The largest absolute Gasteiger partial charge is 0.508 e. The normalized spacial score (nSPS) is 11.4. The maximum atomic E-state index is 14.1. The molecule has 3 aromatic rings. The predicted molar refractivity (Wildman–Crippen MR) is 78.8 cm³/mol. The Morgan fingerprint density at radius 1 is 1.14 bits per heavy atom. The van der Waals surface area contributed by atoms with E-state index in [9.17, 15) is 14.6 Å². The number of para-hydroxylation sites is 1. The van der Waals surface area contributed by atoms with E-state index in [4.69, 9.17) is 0 Å². The zero-order valence-electron chi connectivity index (χ0n) is 11.7. The second kappa shape index (κ2) is 4.77. The van der Waals surface area contributed by atoms with E-state index < -0.39 is 0 Å². The molecule has 0 aliphatic rings. The standard InChI is InChI=1S/C16H15FN2O2/c1-9(2)19-16-12(4-3-5-13(16)17)15(18-19)11-7-6-10(20)8-14(11)21/h3-9,20-21H,1-2H3. The fraction of sp³-hybridized carbons (Fsp3) is 0.188. The quantitative estimate of drug-likeness (QED) is 0.752. The van der Waals surface area contributed by atoms with Gasteiger partial charge in [-0.25, -0.2) is 4.39 Å². The molecule has 0 radical (unpaired) electrons. The molecular formula is C16H15FN2O2. The summed E-state index contributed by atoms with van der Waals surface area (Å²) in [6, 6.07) is 9.04. The van der Waals surface area contributed by atoms with Crippen LogP contribution in [-0.4, -0.2) is 20.0 Å². The minimum atomic E-state index is -0.349. The Hall–Kier alpha value is -2.56. The number of fused-ring (bicyclic) bond motifs is 1. The SMILES string of the molecule is CC(C)n1nc(-c2ccc(O)cc2O)c2cccc(F)c21. The highest BCUT2D eigenvalue weighted by Crippen LogP contribution is 2.37. The van der Waals surface area contributed by atoms with Crippen LogP contribution in [0.5, 0.6) is 11.5 Å². The first-order valence-electron chi connectivity index (χ1n) is 6.68. The van der Waals surface area contributed by atoms with E-state index in [0.717, 1.165) is 0 Å². The fourth-order valence-corrected chi connectivity index (χ4v) is 2.44. The average Bonchev–Trinajstić information content (AvgIpc) is 2.80. The number of hydrogen-bond acceptors (Lipinski definition) is 3. The van der Waals surface area contributed by atoms with Crippen molar-refractivity contribution in [1.82, 2.24) is 9.78 Å². The van der Waals surface area contributed by atoms with Crippen molar-refractivity contribution in [3.63, 3.8) is 0 Å². The molecule has 1 heterocycles. The van der Waals surface area contributed by atoms with Gasteiger partial charge in [0.05, 0.1) is 0 Å². The lowest BCUT2D eigenvalue weighted by Crippen LogP contribution is -2.03. The summed E-state index contributed by atoms with van der Waals surface area (Å²) < 4.78 is 15.7. The van der Waals surface area contributed by atoms with E-state index in [1.807, 2.05) is 13.8 Å².